The van der Waals surface area contributed by atoms with Crippen LogP contribution in [0.25, 0.3) is 5.65 Å². The summed E-state index contributed by atoms with van der Waals surface area (Å²) in [6.45, 7) is 1.97. The fourth-order valence-corrected chi connectivity index (χ4v) is 4.00. The van der Waals surface area contributed by atoms with Gasteiger partial charge in [-0.3, -0.25) is 9.59 Å². The minimum atomic E-state index is -3.35. The standard InChI is InChI=1S/C24H23N5O5S/c1-16-3-5-17(6-4-16)13-25-23(31)18-7-12-21-27-29(24(32)28(21)14-18)15-22(30)26-19-8-10-20(11-9-19)35(2,33)34/h3-12,14H,13,15H2,1-2H3,(H,25,31)(H,26,30). The van der Waals surface area contributed by atoms with E-state index in [1.807, 2.05) is 31.2 Å². The molecular formula is C24H23N5O5S. The Morgan fingerprint density at radius 2 is 1.66 bits per heavy atom. The van der Waals surface area contributed by atoms with Crippen LogP contribution in [-0.2, 0) is 27.7 Å². The van der Waals surface area contributed by atoms with Crippen molar-refractivity contribution in [2.24, 2.45) is 0 Å². The zero-order chi connectivity index (χ0) is 25.2. The highest BCUT2D eigenvalue weighted by molar-refractivity contribution is 7.90. The van der Waals surface area contributed by atoms with Crippen LogP contribution in [0.5, 0.6) is 0 Å². The lowest BCUT2D eigenvalue weighted by molar-refractivity contribution is -0.117. The van der Waals surface area contributed by atoms with E-state index in [9.17, 15) is 22.8 Å². The molecule has 180 valence electrons. The van der Waals surface area contributed by atoms with Gasteiger partial charge in [-0.05, 0) is 48.9 Å². The lowest BCUT2D eigenvalue weighted by Gasteiger charge is -2.06. The van der Waals surface area contributed by atoms with E-state index in [1.165, 1.54) is 40.9 Å². The molecule has 0 fully saturated rings. The number of benzene rings is 2. The molecule has 2 N–H and O–H groups in total. The predicted molar refractivity (Wildman–Crippen MR) is 130 cm³/mol. The second kappa shape index (κ2) is 9.55. The van der Waals surface area contributed by atoms with Crippen LogP contribution in [0.2, 0.25) is 0 Å². The number of nitrogens with one attached hydrogen (secondary N) is 2. The summed E-state index contributed by atoms with van der Waals surface area (Å²) in [5.74, 6) is -0.860. The van der Waals surface area contributed by atoms with Crippen LogP contribution in [0.3, 0.4) is 0 Å². The van der Waals surface area contributed by atoms with Crippen molar-refractivity contribution in [3.8, 4) is 0 Å². The zero-order valence-electron chi connectivity index (χ0n) is 19.1. The molecule has 0 aliphatic heterocycles. The number of fused-ring (bicyclic) bond motifs is 1. The van der Waals surface area contributed by atoms with Crippen LogP contribution in [0, 0.1) is 6.92 Å². The highest BCUT2D eigenvalue weighted by Gasteiger charge is 2.14. The molecule has 0 spiro atoms. The van der Waals surface area contributed by atoms with Crippen molar-refractivity contribution in [1.82, 2.24) is 19.5 Å². The fraction of sp³-hybridized carbons (Fsp3) is 0.167. The Hall–Kier alpha value is -4.25. The molecule has 0 saturated carbocycles. The van der Waals surface area contributed by atoms with Gasteiger partial charge in [0.15, 0.2) is 15.5 Å². The van der Waals surface area contributed by atoms with E-state index < -0.39 is 21.4 Å². The third-order valence-corrected chi connectivity index (χ3v) is 6.40. The Kier molecular flexibility index (Phi) is 6.52. The van der Waals surface area contributed by atoms with Crippen molar-refractivity contribution in [3.63, 3.8) is 0 Å². The Bertz CT molecular complexity index is 1570. The summed E-state index contributed by atoms with van der Waals surface area (Å²) < 4.78 is 25.3. The molecule has 11 heteroatoms. The second-order valence-electron chi connectivity index (χ2n) is 8.10. The fourth-order valence-electron chi connectivity index (χ4n) is 3.37. The van der Waals surface area contributed by atoms with Crippen molar-refractivity contribution in [3.05, 3.63) is 94.0 Å². The molecule has 2 aromatic carbocycles. The van der Waals surface area contributed by atoms with Gasteiger partial charge in [0.05, 0.1) is 10.5 Å². The summed E-state index contributed by atoms with van der Waals surface area (Å²) in [6.07, 6.45) is 2.48. The molecule has 0 radical (unpaired) electrons. The zero-order valence-corrected chi connectivity index (χ0v) is 19.9. The molecule has 4 aromatic rings. The van der Waals surface area contributed by atoms with Crippen LogP contribution in [0.1, 0.15) is 21.5 Å². The number of aromatic nitrogens is 3. The summed E-state index contributed by atoms with van der Waals surface area (Å²) >= 11 is 0. The third-order valence-electron chi connectivity index (χ3n) is 5.27. The Morgan fingerprint density at radius 1 is 0.971 bits per heavy atom. The normalized spacial score (nSPS) is 11.4. The lowest BCUT2D eigenvalue weighted by Crippen LogP contribution is -2.28. The van der Waals surface area contributed by atoms with Gasteiger partial charge < -0.3 is 10.6 Å². The first-order valence-corrected chi connectivity index (χ1v) is 12.5. The lowest BCUT2D eigenvalue weighted by atomic mass is 10.1. The molecule has 0 saturated heterocycles. The molecule has 2 aromatic heterocycles. The number of hydrogen-bond acceptors (Lipinski definition) is 6. The molecule has 0 bridgehead atoms. The van der Waals surface area contributed by atoms with Crippen LogP contribution in [-0.4, -0.2) is 40.7 Å². The maximum atomic E-state index is 12.7. The molecular weight excluding hydrogens is 470 g/mol. The van der Waals surface area contributed by atoms with Gasteiger partial charge in [0.25, 0.3) is 5.91 Å². The average molecular weight is 494 g/mol. The molecule has 10 nitrogen and oxygen atoms in total. The van der Waals surface area contributed by atoms with Gasteiger partial charge in [-0.25, -0.2) is 22.3 Å². The van der Waals surface area contributed by atoms with E-state index in [0.717, 1.165) is 22.1 Å². The number of carbonyl (C=O) groups excluding carboxylic acids is 2. The second-order valence-corrected chi connectivity index (χ2v) is 10.1. The molecule has 4 rings (SSSR count). The first-order chi connectivity index (χ1) is 16.6. The maximum Gasteiger partial charge on any atom is 0.350 e. The van der Waals surface area contributed by atoms with Gasteiger partial charge in [-0.15, -0.1) is 5.10 Å². The van der Waals surface area contributed by atoms with Gasteiger partial charge in [0.2, 0.25) is 5.91 Å². The summed E-state index contributed by atoms with van der Waals surface area (Å²) in [7, 11) is -3.35. The molecule has 2 amide bonds. The molecule has 0 aliphatic rings. The van der Waals surface area contributed by atoms with Crippen LogP contribution in [0.4, 0.5) is 5.69 Å². The summed E-state index contributed by atoms with van der Waals surface area (Å²) in [4.78, 5) is 37.8. The number of anilines is 1. The molecule has 0 unspecified atom stereocenters. The average Bonchev–Trinajstić information content (AvgIpc) is 3.12. The number of sulfone groups is 1. The van der Waals surface area contributed by atoms with E-state index in [1.54, 1.807) is 6.07 Å². The molecule has 0 aliphatic carbocycles. The number of aryl methyl sites for hydroxylation is 1. The highest BCUT2D eigenvalue weighted by Crippen LogP contribution is 2.14. The molecule has 0 atom stereocenters. The van der Waals surface area contributed by atoms with Crippen molar-refractivity contribution in [1.29, 1.82) is 0 Å². The predicted octanol–water partition coefficient (Wildman–Crippen LogP) is 1.78. The largest absolute Gasteiger partial charge is 0.350 e. The number of carbonyl (C=O) groups is 2. The van der Waals surface area contributed by atoms with E-state index in [0.29, 0.717) is 12.2 Å². The molecule has 2 heterocycles. The number of nitrogens with zero attached hydrogens (tertiary/aromatic N) is 3. The number of pyridine rings is 1. The Balaban J connectivity index is 1.44. The summed E-state index contributed by atoms with van der Waals surface area (Å²) in [6, 6.07) is 16.5. The van der Waals surface area contributed by atoms with E-state index >= 15 is 0 Å². The van der Waals surface area contributed by atoms with Gasteiger partial charge in [0.1, 0.15) is 6.54 Å². The summed E-state index contributed by atoms with van der Waals surface area (Å²) in [5.41, 5.74) is 2.45. The van der Waals surface area contributed by atoms with Crippen molar-refractivity contribution in [2.45, 2.75) is 24.9 Å². The molecule has 35 heavy (non-hydrogen) atoms. The minimum absolute atomic E-state index is 0.130. The third kappa shape index (κ3) is 5.64. The number of rotatable bonds is 7. The minimum Gasteiger partial charge on any atom is -0.348 e. The summed E-state index contributed by atoms with van der Waals surface area (Å²) in [5, 5.41) is 9.55. The van der Waals surface area contributed by atoms with Gasteiger partial charge in [-0.2, -0.15) is 0 Å². The Labute approximate surface area is 201 Å². The quantitative estimate of drug-likeness (QED) is 0.403. The SMILES string of the molecule is Cc1ccc(CNC(=O)c2ccc3nn(CC(=O)Nc4ccc(S(C)(=O)=O)cc4)c(=O)n3c2)cc1. The van der Waals surface area contributed by atoms with Crippen molar-refractivity contribution >= 4 is 33.0 Å². The van der Waals surface area contributed by atoms with Crippen LogP contribution in [0.15, 0.2) is 76.6 Å². The van der Waals surface area contributed by atoms with Crippen LogP contribution < -0.4 is 16.3 Å². The van der Waals surface area contributed by atoms with Gasteiger partial charge in [0, 0.05) is 24.7 Å². The van der Waals surface area contributed by atoms with Gasteiger partial charge in [-0.1, -0.05) is 29.8 Å². The smallest absolute Gasteiger partial charge is 0.348 e. The highest BCUT2D eigenvalue weighted by atomic mass is 32.2. The van der Waals surface area contributed by atoms with E-state index in [2.05, 4.69) is 15.7 Å². The van der Waals surface area contributed by atoms with Crippen LogP contribution >= 0.6 is 0 Å². The Morgan fingerprint density at radius 3 is 2.31 bits per heavy atom. The number of hydrogen-bond donors (Lipinski definition) is 2. The van der Waals surface area contributed by atoms with E-state index in [-0.39, 0.29) is 28.6 Å². The number of amides is 2. The first-order valence-electron chi connectivity index (χ1n) is 10.6. The topological polar surface area (TPSA) is 132 Å². The van der Waals surface area contributed by atoms with Gasteiger partial charge >= 0.3 is 5.69 Å². The van der Waals surface area contributed by atoms with Crippen molar-refractivity contribution < 1.29 is 18.0 Å². The first kappa shape index (κ1) is 23.9. The monoisotopic (exact) mass is 493 g/mol. The van der Waals surface area contributed by atoms with Crippen molar-refractivity contribution in [2.75, 3.05) is 11.6 Å². The van der Waals surface area contributed by atoms with E-state index in [4.69, 9.17) is 0 Å². The maximum absolute atomic E-state index is 12.7.